The van der Waals surface area contributed by atoms with Gasteiger partial charge in [0.05, 0.1) is 36.8 Å². The van der Waals surface area contributed by atoms with Gasteiger partial charge in [0.1, 0.15) is 11.8 Å². The summed E-state index contributed by atoms with van der Waals surface area (Å²) in [5, 5.41) is 3.39. The van der Waals surface area contributed by atoms with Crippen LogP contribution in [0.5, 0.6) is 5.75 Å². The van der Waals surface area contributed by atoms with Gasteiger partial charge in [-0.3, -0.25) is 4.79 Å². The smallest absolute Gasteiger partial charge is 0.337 e. The van der Waals surface area contributed by atoms with Crippen molar-refractivity contribution in [2.45, 2.75) is 31.8 Å². The lowest BCUT2D eigenvalue weighted by Gasteiger charge is -2.45. The van der Waals surface area contributed by atoms with Crippen molar-refractivity contribution < 1.29 is 23.8 Å². The molecule has 1 amide bonds. The number of benzene rings is 2. The van der Waals surface area contributed by atoms with Gasteiger partial charge in [0.15, 0.2) is 0 Å². The van der Waals surface area contributed by atoms with Gasteiger partial charge in [-0.15, -0.1) is 0 Å². The van der Waals surface area contributed by atoms with E-state index in [1.807, 2.05) is 26.1 Å². The molecule has 1 N–H and O–H groups in total. The summed E-state index contributed by atoms with van der Waals surface area (Å²) in [5.41, 5.74) is 3.91. The Kier molecular flexibility index (Phi) is 6.23. The Morgan fingerprint density at radius 1 is 1.09 bits per heavy atom. The van der Waals surface area contributed by atoms with Gasteiger partial charge in [-0.05, 0) is 56.2 Å². The third kappa shape index (κ3) is 3.98. The molecule has 2 aromatic rings. The van der Waals surface area contributed by atoms with Crippen molar-refractivity contribution in [1.82, 2.24) is 0 Å². The molecule has 2 aliphatic rings. The van der Waals surface area contributed by atoms with E-state index in [1.54, 1.807) is 30.2 Å². The van der Waals surface area contributed by atoms with Gasteiger partial charge in [0.2, 0.25) is 5.91 Å². The Morgan fingerprint density at radius 2 is 1.84 bits per heavy atom. The predicted octanol–water partition coefficient (Wildman–Crippen LogP) is 3.58. The maximum Gasteiger partial charge on any atom is 0.337 e. The summed E-state index contributed by atoms with van der Waals surface area (Å²) in [4.78, 5) is 28.7. The van der Waals surface area contributed by atoms with Gasteiger partial charge in [0.25, 0.3) is 0 Å². The molecule has 4 rings (SSSR count). The molecule has 32 heavy (non-hydrogen) atoms. The molecular weight excluding hydrogens is 410 g/mol. The highest BCUT2D eigenvalue weighted by atomic mass is 16.5. The number of amides is 1. The minimum Gasteiger partial charge on any atom is -0.495 e. The minimum atomic E-state index is -0.419. The van der Waals surface area contributed by atoms with Crippen LogP contribution in [-0.2, 0) is 14.3 Å². The number of hydrogen-bond donors (Lipinski definition) is 1. The number of carbonyl (C=O) groups is 2. The summed E-state index contributed by atoms with van der Waals surface area (Å²) in [6.45, 7) is 3.37. The Labute approximate surface area is 188 Å². The van der Waals surface area contributed by atoms with Crippen molar-refractivity contribution in [3.63, 3.8) is 0 Å². The molecule has 0 aromatic heterocycles. The van der Waals surface area contributed by atoms with Gasteiger partial charge >= 0.3 is 5.97 Å². The number of carbonyl (C=O) groups excluding carboxylic acids is 2. The van der Waals surface area contributed by atoms with Crippen LogP contribution in [0.2, 0.25) is 0 Å². The summed E-state index contributed by atoms with van der Waals surface area (Å²) in [7, 11) is 4.73. The molecule has 1 atom stereocenters. The zero-order chi connectivity index (χ0) is 22.8. The highest BCUT2D eigenvalue weighted by Crippen LogP contribution is 2.41. The van der Waals surface area contributed by atoms with E-state index in [-0.39, 0.29) is 18.0 Å². The maximum atomic E-state index is 12.9. The number of esters is 1. The van der Waals surface area contributed by atoms with E-state index in [0.717, 1.165) is 35.6 Å². The zero-order valence-electron chi connectivity index (χ0n) is 18.9. The Morgan fingerprint density at radius 3 is 2.53 bits per heavy atom. The van der Waals surface area contributed by atoms with Crippen LogP contribution in [0.25, 0.3) is 0 Å². The molecule has 2 aromatic carbocycles. The maximum absolute atomic E-state index is 12.9. The topological polar surface area (TPSA) is 80.3 Å². The molecule has 0 saturated carbocycles. The summed E-state index contributed by atoms with van der Waals surface area (Å²) in [5.74, 6) is 0.203. The number of hydrogen-bond acceptors (Lipinski definition) is 7. The number of likely N-dealkylation sites (N-methyl/N-ethyl adjacent to an activating group) is 1. The molecule has 1 fully saturated rings. The summed E-state index contributed by atoms with van der Waals surface area (Å²) in [6, 6.07) is 11.1. The Bertz CT molecular complexity index is 1020. The summed E-state index contributed by atoms with van der Waals surface area (Å²) >= 11 is 0. The average Bonchev–Trinajstić information content (AvgIpc) is 2.83. The molecule has 1 unspecified atom stereocenters. The van der Waals surface area contributed by atoms with E-state index in [4.69, 9.17) is 14.2 Å². The van der Waals surface area contributed by atoms with Crippen molar-refractivity contribution in [3.05, 3.63) is 42.0 Å². The lowest BCUT2D eigenvalue weighted by molar-refractivity contribution is -0.119. The monoisotopic (exact) mass is 439 g/mol. The van der Waals surface area contributed by atoms with Gasteiger partial charge < -0.3 is 29.3 Å². The third-order valence-electron chi connectivity index (χ3n) is 6.21. The van der Waals surface area contributed by atoms with E-state index in [9.17, 15) is 9.59 Å². The van der Waals surface area contributed by atoms with Gasteiger partial charge in [-0.2, -0.15) is 0 Å². The largest absolute Gasteiger partial charge is 0.495 e. The first-order valence-corrected chi connectivity index (χ1v) is 10.8. The summed E-state index contributed by atoms with van der Waals surface area (Å²) in [6.07, 6.45) is 1.78. The second kappa shape index (κ2) is 9.08. The van der Waals surface area contributed by atoms with Gasteiger partial charge in [-0.25, -0.2) is 4.79 Å². The van der Waals surface area contributed by atoms with E-state index < -0.39 is 5.97 Å². The average molecular weight is 440 g/mol. The fraction of sp³-hybridized carbons (Fsp3) is 0.417. The Hall–Kier alpha value is -3.26. The molecule has 0 spiro atoms. The van der Waals surface area contributed by atoms with Crippen molar-refractivity contribution >= 4 is 34.6 Å². The standard InChI is InChI=1S/C24H29N3O5/c1-15-23(28)26(2)20-8-6-17(14-21(20)27(15)18-9-11-32-12-10-18)25-19-7-5-16(24(29)31-4)13-22(19)30-3/h5-8,13-15,18,25H,9-12H2,1-4H3. The molecule has 8 heteroatoms. The van der Waals surface area contributed by atoms with Crippen LogP contribution < -0.4 is 19.9 Å². The lowest BCUT2D eigenvalue weighted by atomic mass is 9.99. The zero-order valence-corrected chi connectivity index (χ0v) is 18.9. The summed E-state index contributed by atoms with van der Waals surface area (Å²) < 4.78 is 15.8. The minimum absolute atomic E-state index is 0.0877. The van der Waals surface area contributed by atoms with Crippen LogP contribution in [0.3, 0.4) is 0 Å². The highest BCUT2D eigenvalue weighted by Gasteiger charge is 2.38. The fourth-order valence-electron chi connectivity index (χ4n) is 4.49. The van der Waals surface area contributed by atoms with Crippen LogP contribution in [0, 0.1) is 0 Å². The molecule has 0 bridgehead atoms. The molecule has 2 aliphatic heterocycles. The van der Waals surface area contributed by atoms with E-state index in [1.165, 1.54) is 7.11 Å². The molecule has 0 radical (unpaired) electrons. The van der Waals surface area contributed by atoms with Crippen LogP contribution in [-0.4, -0.2) is 58.4 Å². The lowest BCUT2D eigenvalue weighted by Crippen LogP contribution is -2.55. The predicted molar refractivity (Wildman–Crippen MR) is 123 cm³/mol. The highest BCUT2D eigenvalue weighted by molar-refractivity contribution is 6.05. The number of nitrogens with one attached hydrogen (secondary N) is 1. The van der Waals surface area contributed by atoms with Gasteiger partial charge in [0, 0.05) is 32.0 Å². The number of anilines is 4. The van der Waals surface area contributed by atoms with Crippen LogP contribution in [0.1, 0.15) is 30.1 Å². The number of rotatable bonds is 5. The second-order valence-corrected chi connectivity index (χ2v) is 8.06. The van der Waals surface area contributed by atoms with E-state index in [2.05, 4.69) is 16.3 Å². The first-order chi connectivity index (χ1) is 15.4. The molecular formula is C24H29N3O5. The normalized spacial score (nSPS) is 18.9. The van der Waals surface area contributed by atoms with Crippen LogP contribution in [0.15, 0.2) is 36.4 Å². The van der Waals surface area contributed by atoms with E-state index in [0.29, 0.717) is 24.5 Å². The number of methoxy groups -OCH3 is 2. The third-order valence-corrected chi connectivity index (χ3v) is 6.21. The van der Waals surface area contributed by atoms with Crippen LogP contribution in [0.4, 0.5) is 22.7 Å². The quantitative estimate of drug-likeness (QED) is 0.714. The molecule has 170 valence electrons. The number of ether oxygens (including phenoxy) is 3. The van der Waals surface area contributed by atoms with Crippen molar-refractivity contribution in [2.75, 3.05) is 49.6 Å². The van der Waals surface area contributed by atoms with Crippen molar-refractivity contribution in [2.24, 2.45) is 0 Å². The van der Waals surface area contributed by atoms with Crippen LogP contribution >= 0.6 is 0 Å². The van der Waals surface area contributed by atoms with Crippen molar-refractivity contribution in [1.29, 1.82) is 0 Å². The molecule has 0 aliphatic carbocycles. The first-order valence-electron chi connectivity index (χ1n) is 10.8. The SMILES string of the molecule is COC(=O)c1ccc(Nc2ccc3c(c2)N(C2CCOCC2)C(C)C(=O)N3C)c(OC)c1. The number of fused-ring (bicyclic) bond motifs is 1. The van der Waals surface area contributed by atoms with Crippen molar-refractivity contribution in [3.8, 4) is 5.75 Å². The first kappa shape index (κ1) is 22.0. The molecule has 8 nitrogen and oxygen atoms in total. The second-order valence-electron chi connectivity index (χ2n) is 8.06. The fourth-order valence-corrected chi connectivity index (χ4v) is 4.49. The molecule has 1 saturated heterocycles. The van der Waals surface area contributed by atoms with E-state index >= 15 is 0 Å². The number of nitrogens with zero attached hydrogens (tertiary/aromatic N) is 2. The van der Waals surface area contributed by atoms with Gasteiger partial charge in [-0.1, -0.05) is 0 Å². The Balaban J connectivity index is 1.69. The molecule has 2 heterocycles.